The van der Waals surface area contributed by atoms with Crippen molar-refractivity contribution in [2.45, 2.75) is 242 Å². The number of ketones is 1. The van der Waals surface area contributed by atoms with Crippen LogP contribution < -0.4 is 97.8 Å². The van der Waals surface area contributed by atoms with Crippen molar-refractivity contribution in [3.05, 3.63) is 65.9 Å². The third kappa shape index (κ3) is 36.6. The maximum absolute atomic E-state index is 15.0. The van der Waals surface area contributed by atoms with E-state index in [9.17, 15) is 121 Å². The van der Waals surface area contributed by atoms with Gasteiger partial charge in [0.25, 0.3) is 0 Å². The number of benzene rings is 2. The summed E-state index contributed by atoms with van der Waals surface area (Å²) in [5.41, 5.74) is 29.3. The van der Waals surface area contributed by atoms with Crippen LogP contribution >= 0.6 is 0 Å². The number of aromatic nitrogens is 1. The summed E-state index contributed by atoms with van der Waals surface area (Å²) in [5.74, 6) is -30.8. The molecule has 0 radical (unpaired) electrons. The predicted octanol–water partition coefficient (Wildman–Crippen LogP) is -4.60. The fraction of sp³-hybridized carbons (Fsp3) is 0.557. The summed E-state index contributed by atoms with van der Waals surface area (Å²) in [4.78, 5) is 293. The number of ether oxygens (including phenoxy) is 1. The minimum Gasteiger partial charge on any atom is -0.481 e. The number of carbonyl (C=O) groups is 21. The number of hydrogen-bond acceptors (Lipinski definition) is 25. The number of hydrogen-bond donors (Lipinski definition) is 23. The number of nitrogen functional groups attached to an aromatic ring is 1. The van der Waals surface area contributed by atoms with Gasteiger partial charge >= 0.3 is 29.8 Å². The summed E-state index contributed by atoms with van der Waals surface area (Å²) in [6, 6.07) is -10.9. The first-order valence-electron chi connectivity index (χ1n) is 40.5. The van der Waals surface area contributed by atoms with Crippen molar-refractivity contribution in [2.24, 2.45) is 34.8 Å². The number of cyclic esters (lactones) is 1. The zero-order chi connectivity index (χ0) is 92.4. The van der Waals surface area contributed by atoms with Crippen LogP contribution in [0.5, 0.6) is 0 Å². The number of fused-ring (bicyclic) bond motifs is 1. The van der Waals surface area contributed by atoms with E-state index in [2.05, 4.69) is 82.6 Å². The molecule has 15 amide bonds. The fourth-order valence-corrected chi connectivity index (χ4v) is 13.0. The largest absolute Gasteiger partial charge is 0.481 e. The van der Waals surface area contributed by atoms with Crippen LogP contribution in [-0.4, -0.2) is 248 Å². The highest BCUT2D eigenvalue weighted by Gasteiger charge is 2.42. The SMILES string of the molecule is CCC(C)CCCCCCCCC(=O)NC(Cc1c[nH]c2ccccc12)C(=O)NC(CC(N)=O)C(=O)NC(CC(=O)O)C(=O)NC1C(=O)NCC(=O)NC(CCCN)C(=O)NC(CC(=O)O)C(=O)NC(CCCCN)C(=O)NC(CC(=O)O)C(=O)NCC(=O)NC(CC(N)=O)C(=O)NC(C(C)CC(=O)O)C(=O)NC(CC(=O)c2ccccc2N)C(=O)OC1C. The minimum atomic E-state index is -2.47. The molecule has 14 atom stereocenters. The van der Waals surface area contributed by atoms with Crippen LogP contribution in [0.15, 0.2) is 54.7 Å². The van der Waals surface area contributed by atoms with Crippen LogP contribution in [0.25, 0.3) is 10.9 Å². The monoisotopic (exact) mass is 1750 g/mol. The number of H-pyrrole nitrogens is 1. The van der Waals surface area contributed by atoms with Gasteiger partial charge in [0, 0.05) is 47.6 Å². The molecular formula is C79H115N19O26. The molecular weight excluding hydrogens is 1630 g/mol. The molecule has 1 aromatic heterocycles. The molecule has 2 heterocycles. The summed E-state index contributed by atoms with van der Waals surface area (Å²) < 4.78 is 5.72. The van der Waals surface area contributed by atoms with E-state index in [4.69, 9.17) is 33.4 Å². The second kappa shape index (κ2) is 52.8. The molecule has 3 aromatic rings. The number of carboxylic acids is 4. The molecule has 2 aromatic carbocycles. The van der Waals surface area contributed by atoms with Gasteiger partial charge in [0.05, 0.1) is 51.6 Å². The highest BCUT2D eigenvalue weighted by molar-refractivity contribution is 6.05. The van der Waals surface area contributed by atoms with E-state index >= 15 is 0 Å². The lowest BCUT2D eigenvalue weighted by molar-refractivity contribution is -0.156. The Morgan fingerprint density at radius 1 is 0.500 bits per heavy atom. The van der Waals surface area contributed by atoms with E-state index in [0.717, 1.165) is 52.4 Å². The van der Waals surface area contributed by atoms with Crippen molar-refractivity contribution < 1.29 is 126 Å². The number of amides is 15. The van der Waals surface area contributed by atoms with Gasteiger partial charge in [0.2, 0.25) is 88.6 Å². The van der Waals surface area contributed by atoms with Crippen LogP contribution in [-0.2, 0) is 107 Å². The molecule has 0 aliphatic carbocycles. The smallest absolute Gasteiger partial charge is 0.329 e. The first-order valence-corrected chi connectivity index (χ1v) is 40.5. The molecule has 45 nitrogen and oxygen atoms in total. The maximum Gasteiger partial charge on any atom is 0.329 e. The number of unbranched alkanes of at least 4 members (excludes halogenated alkanes) is 6. The molecule has 1 fully saturated rings. The Bertz CT molecular complexity index is 4310. The molecule has 1 saturated heterocycles. The third-order valence-electron chi connectivity index (χ3n) is 20.0. The van der Waals surface area contributed by atoms with Crippen molar-refractivity contribution in [3.8, 4) is 0 Å². The topological polar surface area (TPSA) is 751 Å². The Hall–Kier alpha value is -13.2. The summed E-state index contributed by atoms with van der Waals surface area (Å²) in [6.07, 6.45) is -2.71. The van der Waals surface area contributed by atoms with Gasteiger partial charge in [-0.25, -0.2) is 4.79 Å². The van der Waals surface area contributed by atoms with Crippen molar-refractivity contribution in [1.29, 1.82) is 0 Å². The summed E-state index contributed by atoms with van der Waals surface area (Å²) >= 11 is 0. The molecule has 28 N–H and O–H groups in total. The summed E-state index contributed by atoms with van der Waals surface area (Å²) in [6.45, 7) is 3.61. The van der Waals surface area contributed by atoms with E-state index in [1.165, 1.54) is 24.3 Å². The zero-order valence-corrected chi connectivity index (χ0v) is 69.3. The quantitative estimate of drug-likeness (QED) is 0.0110. The number of esters is 1. The Kier molecular flexibility index (Phi) is 43.9. The molecule has 682 valence electrons. The van der Waals surface area contributed by atoms with Crippen LogP contribution in [0.3, 0.4) is 0 Å². The lowest BCUT2D eigenvalue weighted by Gasteiger charge is -2.30. The van der Waals surface area contributed by atoms with Crippen molar-refractivity contribution in [1.82, 2.24) is 74.1 Å². The van der Waals surface area contributed by atoms with Crippen LogP contribution in [0.2, 0.25) is 0 Å². The van der Waals surface area contributed by atoms with E-state index in [-0.39, 0.29) is 62.9 Å². The van der Waals surface area contributed by atoms with Crippen LogP contribution in [0, 0.1) is 11.8 Å². The Labute approximate surface area is 712 Å². The van der Waals surface area contributed by atoms with Crippen LogP contribution in [0.4, 0.5) is 5.69 Å². The van der Waals surface area contributed by atoms with Gasteiger partial charge in [0.15, 0.2) is 5.78 Å². The predicted molar refractivity (Wildman–Crippen MR) is 438 cm³/mol. The number of para-hydroxylation sites is 2. The zero-order valence-electron chi connectivity index (χ0n) is 69.3. The van der Waals surface area contributed by atoms with E-state index in [0.29, 0.717) is 35.2 Å². The average Bonchev–Trinajstić information content (AvgIpc) is 1.75. The molecule has 45 heteroatoms. The molecule has 0 spiro atoms. The van der Waals surface area contributed by atoms with Gasteiger partial charge in [0.1, 0.15) is 72.6 Å². The number of carbonyl (C=O) groups excluding carboxylic acids is 17. The minimum absolute atomic E-state index is 0.0116. The first-order chi connectivity index (χ1) is 58.6. The van der Waals surface area contributed by atoms with Gasteiger partial charge < -0.3 is 128 Å². The molecule has 124 heavy (non-hydrogen) atoms. The Morgan fingerprint density at radius 3 is 1.60 bits per heavy atom. The molecule has 1 aliphatic heterocycles. The second-order valence-electron chi connectivity index (χ2n) is 30.2. The number of nitrogens with two attached hydrogens (primary N) is 5. The highest BCUT2D eigenvalue weighted by atomic mass is 16.5. The van der Waals surface area contributed by atoms with Gasteiger partial charge in [-0.15, -0.1) is 0 Å². The lowest BCUT2D eigenvalue weighted by atomic mass is 9.95. The second-order valence-corrected chi connectivity index (χ2v) is 30.2. The van der Waals surface area contributed by atoms with Crippen molar-refractivity contribution in [2.75, 3.05) is 31.9 Å². The molecule has 14 unspecified atom stereocenters. The summed E-state index contributed by atoms with van der Waals surface area (Å²) in [7, 11) is 0. The fourth-order valence-electron chi connectivity index (χ4n) is 13.0. The number of carboxylic acid groups (broad SMARTS) is 4. The Balaban J connectivity index is 1.91. The standard InChI is InChI=1S/C79H115N19O26/c1-5-40(2)19-10-8-6-7-9-11-26-60(102)89-50(30-43-37-85-47-23-15-13-20-44(43)47)72(116)92-52(33-59(84)101)73(117)95-55(36-66(111)112)76(120)98-68-42(4)124-79(123)56(31-57(99)45-21-12-14-22-46(45)82)96-78(122)67(41(3)29-63(105)106)97-75(119)51(32-58(83)100)90-62(104)38-86-69(113)53(34-64(107)108)93-71(115)49(24-16-17-27-80)91-74(118)54(35-65(109)110)94-70(114)48(25-18-28-81)88-61(103)39-87-77(68)121/h12-15,20-23,37,40-42,48-56,67-68,85H,5-11,16-19,24-36,38-39,80-82H2,1-4H3,(H2,83,100)(H2,84,101)(H,86,113)(H,87,121)(H,88,103)(H,89,102)(H,90,104)(H,91,118)(H,92,116)(H,93,115)(H,94,114)(H,95,117)(H,96,122)(H,97,119)(H,98,120)(H,105,106)(H,107,108)(H,109,110)(H,111,112). The van der Waals surface area contributed by atoms with Gasteiger partial charge in [-0.2, -0.15) is 0 Å². The third-order valence-corrected chi connectivity index (χ3v) is 20.0. The van der Waals surface area contributed by atoms with Crippen LogP contribution in [0.1, 0.15) is 178 Å². The number of Topliss-reactive ketones (excluding diaryl/α,β-unsaturated/α-hetero) is 1. The number of rotatable bonds is 42. The molecule has 4 rings (SSSR count). The molecule has 0 saturated carbocycles. The van der Waals surface area contributed by atoms with E-state index < -0.39 is 267 Å². The van der Waals surface area contributed by atoms with E-state index in [1.807, 2.05) is 5.32 Å². The molecule has 1 aliphatic rings. The summed E-state index contributed by atoms with van der Waals surface area (Å²) in [5, 5.41) is 69.3. The molecule has 0 bridgehead atoms. The number of nitrogens with one attached hydrogen (secondary N) is 14. The Morgan fingerprint density at radius 2 is 1.01 bits per heavy atom. The van der Waals surface area contributed by atoms with Gasteiger partial charge in [-0.1, -0.05) is 96.0 Å². The normalized spacial score (nSPS) is 20.7. The lowest BCUT2D eigenvalue weighted by Crippen LogP contribution is -2.62. The van der Waals surface area contributed by atoms with E-state index in [1.54, 1.807) is 30.5 Å². The van der Waals surface area contributed by atoms with Gasteiger partial charge in [-0.05, 0) is 94.1 Å². The first kappa shape index (κ1) is 103. The average molecular weight is 1750 g/mol. The highest BCUT2D eigenvalue weighted by Crippen LogP contribution is 2.22. The number of aliphatic carboxylic acids is 4. The number of primary amides is 2. The van der Waals surface area contributed by atoms with Gasteiger partial charge in [-0.3, -0.25) is 95.9 Å². The maximum atomic E-state index is 15.0. The number of anilines is 1. The van der Waals surface area contributed by atoms with Crippen molar-refractivity contribution >= 4 is 141 Å². The van der Waals surface area contributed by atoms with Crippen molar-refractivity contribution in [3.63, 3.8) is 0 Å². The number of aromatic amines is 1.